The van der Waals surface area contributed by atoms with Crippen LogP contribution in [0.2, 0.25) is 0 Å². The number of hydrogen-bond acceptors (Lipinski definition) is 2. The smallest absolute Gasteiger partial charge is 0.120 e. The van der Waals surface area contributed by atoms with Crippen molar-refractivity contribution < 1.29 is 4.74 Å². The van der Waals surface area contributed by atoms with Crippen LogP contribution in [-0.2, 0) is 0 Å². The second kappa shape index (κ2) is 5.08. The number of ether oxygens (including phenoxy) is 1. The van der Waals surface area contributed by atoms with Gasteiger partial charge in [0, 0.05) is 17.8 Å². The van der Waals surface area contributed by atoms with E-state index in [0.29, 0.717) is 6.04 Å². The minimum absolute atomic E-state index is 0.364. The van der Waals surface area contributed by atoms with Crippen LogP contribution >= 0.6 is 0 Å². The van der Waals surface area contributed by atoms with E-state index in [1.807, 2.05) is 35.3 Å². The fourth-order valence-electron chi connectivity index (χ4n) is 1.79. The predicted molar refractivity (Wildman–Crippen MR) is 74.7 cm³/mol. The predicted octanol–water partition coefficient (Wildman–Crippen LogP) is 3.78. The van der Waals surface area contributed by atoms with Crippen LogP contribution in [0.25, 0.3) is 17.2 Å². The lowest BCUT2D eigenvalue weighted by molar-refractivity contribution is 0.415. The van der Waals surface area contributed by atoms with Crippen LogP contribution in [0.15, 0.2) is 37.2 Å². The number of benzene rings is 1. The lowest BCUT2D eigenvalue weighted by atomic mass is 10.1. The molecule has 0 unspecified atom stereocenters. The van der Waals surface area contributed by atoms with Crippen LogP contribution in [0.4, 0.5) is 0 Å². The third kappa shape index (κ3) is 2.45. The summed E-state index contributed by atoms with van der Waals surface area (Å²) in [6.07, 6.45) is 5.74. The molecule has 0 aliphatic rings. The monoisotopic (exact) mass is 242 g/mol. The topological polar surface area (TPSA) is 27.1 Å². The average molecular weight is 242 g/mol. The van der Waals surface area contributed by atoms with Gasteiger partial charge in [-0.05, 0) is 43.2 Å². The number of rotatable bonds is 4. The second-order valence-corrected chi connectivity index (χ2v) is 4.50. The molecule has 18 heavy (non-hydrogen) atoms. The van der Waals surface area contributed by atoms with Crippen molar-refractivity contribution in [2.24, 2.45) is 0 Å². The van der Waals surface area contributed by atoms with E-state index < -0.39 is 0 Å². The van der Waals surface area contributed by atoms with Crippen molar-refractivity contribution in [3.05, 3.63) is 42.7 Å². The molecule has 0 radical (unpaired) electrons. The van der Waals surface area contributed by atoms with Gasteiger partial charge in [-0.3, -0.25) is 4.68 Å². The van der Waals surface area contributed by atoms with Gasteiger partial charge in [0.25, 0.3) is 0 Å². The molecule has 1 heterocycles. The first-order chi connectivity index (χ1) is 8.63. The molecular formula is C15H18N2O. The van der Waals surface area contributed by atoms with Crippen LogP contribution in [-0.4, -0.2) is 16.9 Å². The zero-order chi connectivity index (χ0) is 13.1. The molecule has 0 N–H and O–H groups in total. The summed E-state index contributed by atoms with van der Waals surface area (Å²) in [5, 5.41) is 4.35. The molecule has 0 saturated heterocycles. The summed E-state index contributed by atoms with van der Waals surface area (Å²) in [6.45, 7) is 8.02. The molecule has 1 aromatic carbocycles. The highest BCUT2D eigenvalue weighted by Gasteiger charge is 2.06. The Balaban J connectivity index is 2.45. The van der Waals surface area contributed by atoms with Crippen LogP contribution < -0.4 is 4.74 Å². The Kier molecular flexibility index (Phi) is 3.51. The molecule has 2 aromatic rings. The van der Waals surface area contributed by atoms with Crippen molar-refractivity contribution in [1.82, 2.24) is 9.78 Å². The summed E-state index contributed by atoms with van der Waals surface area (Å²) < 4.78 is 7.24. The molecule has 2 rings (SSSR count). The van der Waals surface area contributed by atoms with Crippen molar-refractivity contribution in [1.29, 1.82) is 0 Å². The average Bonchev–Trinajstić information content (AvgIpc) is 2.87. The van der Waals surface area contributed by atoms with E-state index in [9.17, 15) is 0 Å². The fourth-order valence-corrected chi connectivity index (χ4v) is 1.79. The Hall–Kier alpha value is -2.03. The maximum Gasteiger partial charge on any atom is 0.120 e. The van der Waals surface area contributed by atoms with E-state index in [4.69, 9.17) is 4.74 Å². The van der Waals surface area contributed by atoms with Crippen molar-refractivity contribution in [2.45, 2.75) is 19.9 Å². The summed E-state index contributed by atoms with van der Waals surface area (Å²) in [5.41, 5.74) is 3.23. The Bertz CT molecular complexity index is 555. The SMILES string of the molecule is C=Cc1cc(OC)cc(-c2cnn(C(C)C)c2)c1. The van der Waals surface area contributed by atoms with Gasteiger partial charge in [-0.15, -0.1) is 0 Å². The molecule has 0 bridgehead atoms. The van der Waals surface area contributed by atoms with Gasteiger partial charge in [-0.1, -0.05) is 12.7 Å². The normalized spacial score (nSPS) is 10.7. The van der Waals surface area contributed by atoms with E-state index in [1.54, 1.807) is 7.11 Å². The van der Waals surface area contributed by atoms with Gasteiger partial charge in [-0.25, -0.2) is 0 Å². The lowest BCUT2D eigenvalue weighted by Crippen LogP contribution is -1.99. The third-order valence-corrected chi connectivity index (χ3v) is 2.86. The molecule has 3 nitrogen and oxygen atoms in total. The number of methoxy groups -OCH3 is 1. The van der Waals surface area contributed by atoms with Crippen molar-refractivity contribution in [3.8, 4) is 16.9 Å². The van der Waals surface area contributed by atoms with E-state index in [0.717, 1.165) is 22.4 Å². The van der Waals surface area contributed by atoms with Gasteiger partial charge >= 0.3 is 0 Å². The van der Waals surface area contributed by atoms with Crippen molar-refractivity contribution in [3.63, 3.8) is 0 Å². The van der Waals surface area contributed by atoms with Gasteiger partial charge in [0.15, 0.2) is 0 Å². The Morgan fingerprint density at radius 2 is 2.06 bits per heavy atom. The summed E-state index contributed by atoms with van der Waals surface area (Å²) in [7, 11) is 1.67. The highest BCUT2D eigenvalue weighted by Crippen LogP contribution is 2.26. The summed E-state index contributed by atoms with van der Waals surface area (Å²) in [6, 6.07) is 6.41. The molecule has 3 heteroatoms. The van der Waals surface area contributed by atoms with Crippen LogP contribution in [0, 0.1) is 0 Å². The number of aromatic nitrogens is 2. The molecule has 0 fully saturated rings. The Morgan fingerprint density at radius 1 is 1.28 bits per heavy atom. The van der Waals surface area contributed by atoms with E-state index in [2.05, 4.69) is 31.6 Å². The third-order valence-electron chi connectivity index (χ3n) is 2.86. The Morgan fingerprint density at radius 3 is 2.61 bits per heavy atom. The van der Waals surface area contributed by atoms with Crippen LogP contribution in [0.3, 0.4) is 0 Å². The highest BCUT2D eigenvalue weighted by atomic mass is 16.5. The van der Waals surface area contributed by atoms with E-state index >= 15 is 0 Å². The molecule has 0 spiro atoms. The van der Waals surface area contributed by atoms with Crippen LogP contribution in [0.1, 0.15) is 25.5 Å². The molecule has 0 aliphatic heterocycles. The highest BCUT2D eigenvalue weighted by molar-refractivity contribution is 5.68. The zero-order valence-electron chi connectivity index (χ0n) is 11.1. The summed E-state index contributed by atoms with van der Waals surface area (Å²) >= 11 is 0. The van der Waals surface area contributed by atoms with Gasteiger partial charge in [-0.2, -0.15) is 5.10 Å². The standard InChI is InChI=1S/C15H18N2O/c1-5-12-6-13(8-15(7-12)18-4)14-9-16-17(10-14)11(2)3/h5-11H,1H2,2-4H3. The maximum atomic E-state index is 5.30. The van der Waals surface area contributed by atoms with Gasteiger partial charge in [0.1, 0.15) is 5.75 Å². The first kappa shape index (κ1) is 12.4. The second-order valence-electron chi connectivity index (χ2n) is 4.50. The number of hydrogen-bond donors (Lipinski definition) is 0. The molecule has 1 aromatic heterocycles. The number of nitrogens with zero attached hydrogens (tertiary/aromatic N) is 2. The minimum Gasteiger partial charge on any atom is -0.497 e. The summed E-state index contributed by atoms with van der Waals surface area (Å²) in [4.78, 5) is 0. The molecule has 94 valence electrons. The van der Waals surface area contributed by atoms with E-state index in [-0.39, 0.29) is 0 Å². The fraction of sp³-hybridized carbons (Fsp3) is 0.267. The van der Waals surface area contributed by atoms with Crippen molar-refractivity contribution >= 4 is 6.08 Å². The summed E-state index contributed by atoms with van der Waals surface area (Å²) in [5.74, 6) is 0.833. The molecule has 0 amide bonds. The lowest BCUT2D eigenvalue weighted by Gasteiger charge is -2.06. The van der Waals surface area contributed by atoms with Crippen molar-refractivity contribution in [2.75, 3.05) is 7.11 Å². The largest absolute Gasteiger partial charge is 0.497 e. The van der Waals surface area contributed by atoms with Gasteiger partial charge in [0.05, 0.1) is 13.3 Å². The minimum atomic E-state index is 0.364. The molecule has 0 aliphatic carbocycles. The molecule has 0 atom stereocenters. The first-order valence-electron chi connectivity index (χ1n) is 6.00. The first-order valence-corrected chi connectivity index (χ1v) is 6.00. The Labute approximate surface area is 108 Å². The van der Waals surface area contributed by atoms with E-state index in [1.165, 1.54) is 0 Å². The van der Waals surface area contributed by atoms with Gasteiger partial charge in [0.2, 0.25) is 0 Å². The molecule has 0 saturated carbocycles. The molecular weight excluding hydrogens is 224 g/mol. The van der Waals surface area contributed by atoms with Gasteiger partial charge < -0.3 is 4.74 Å². The maximum absolute atomic E-state index is 5.30. The quantitative estimate of drug-likeness (QED) is 0.815. The zero-order valence-corrected chi connectivity index (χ0v) is 11.1. The van der Waals surface area contributed by atoms with Crippen LogP contribution in [0.5, 0.6) is 5.75 Å².